The number of hydrogen-bond acceptors (Lipinski definition) is 8. The van der Waals surface area contributed by atoms with E-state index in [1.807, 2.05) is 0 Å². The van der Waals surface area contributed by atoms with Gasteiger partial charge in [-0.05, 0) is 19.4 Å². The van der Waals surface area contributed by atoms with E-state index in [2.05, 4.69) is 5.32 Å². The minimum Gasteiger partial charge on any atom is -0.466 e. The van der Waals surface area contributed by atoms with Crippen molar-refractivity contribution in [3.63, 3.8) is 0 Å². The molecule has 0 unspecified atom stereocenters. The first kappa shape index (κ1) is 20.1. The monoisotopic (exact) mass is 376 g/mol. The van der Waals surface area contributed by atoms with Crippen LogP contribution in [0.5, 0.6) is 0 Å². The van der Waals surface area contributed by atoms with E-state index in [1.54, 1.807) is 19.9 Å². The minimum atomic E-state index is -0.886. The lowest BCUT2D eigenvalue weighted by Gasteiger charge is -2.30. The number of non-ortho nitro benzene ring substituents is 1. The van der Waals surface area contributed by atoms with Crippen molar-refractivity contribution in [1.82, 2.24) is 5.32 Å². The Balaban J connectivity index is 2.65. The number of benzene rings is 1. The van der Waals surface area contributed by atoms with Crippen molar-refractivity contribution in [2.75, 3.05) is 21.0 Å². The molecule has 144 valence electrons. The van der Waals surface area contributed by atoms with E-state index < -0.39 is 22.8 Å². The Morgan fingerprint density at radius 1 is 1.15 bits per heavy atom. The van der Waals surface area contributed by atoms with Gasteiger partial charge in [0.1, 0.15) is 0 Å². The maximum absolute atomic E-state index is 12.6. The highest BCUT2D eigenvalue weighted by atomic mass is 16.7. The molecule has 9 nitrogen and oxygen atoms in total. The molecule has 0 fully saturated rings. The molecule has 0 amide bonds. The molecule has 1 aliphatic rings. The molecule has 1 aromatic carbocycles. The highest BCUT2D eigenvalue weighted by Gasteiger charge is 2.38. The average molecular weight is 376 g/mol. The van der Waals surface area contributed by atoms with E-state index in [4.69, 9.17) is 14.2 Å². The van der Waals surface area contributed by atoms with E-state index in [1.165, 1.54) is 32.4 Å². The molecule has 0 bridgehead atoms. The number of ether oxygens (including phenoxy) is 3. The molecular weight excluding hydrogens is 356 g/mol. The summed E-state index contributed by atoms with van der Waals surface area (Å²) >= 11 is 0. The van der Waals surface area contributed by atoms with Crippen LogP contribution in [0.4, 0.5) is 5.69 Å². The number of nitro groups is 1. The largest absolute Gasteiger partial charge is 0.466 e. The predicted octanol–water partition coefficient (Wildman–Crippen LogP) is 2.15. The molecule has 0 spiro atoms. The standard InChI is InChI=1S/C18H20N2O7/c1-10-14(17(21)26-4)16(12-6-5-7-13(8-12)20(23)24)15(11(2)19-10)18(22)27-9-25-3/h5-8,16,19H,9H2,1-4H3/t16-/m1/s1. The van der Waals surface area contributed by atoms with Gasteiger partial charge < -0.3 is 19.5 Å². The topological polar surface area (TPSA) is 117 Å². The van der Waals surface area contributed by atoms with Crippen molar-refractivity contribution in [1.29, 1.82) is 0 Å². The molecule has 0 aliphatic carbocycles. The van der Waals surface area contributed by atoms with Gasteiger partial charge in [-0.25, -0.2) is 9.59 Å². The van der Waals surface area contributed by atoms with Crippen LogP contribution in [0.1, 0.15) is 25.3 Å². The SMILES string of the molecule is COCOC(=O)C1=C(C)NC(C)=C(C(=O)OC)[C@H]1c1cccc([N+](=O)[O-])c1. The van der Waals surface area contributed by atoms with Crippen LogP contribution in [0.15, 0.2) is 46.8 Å². The normalized spacial score (nSPS) is 16.7. The molecule has 0 aromatic heterocycles. The zero-order chi connectivity index (χ0) is 20.1. The second-order valence-corrected chi connectivity index (χ2v) is 5.82. The van der Waals surface area contributed by atoms with Gasteiger partial charge in [0, 0.05) is 30.6 Å². The zero-order valence-electron chi connectivity index (χ0n) is 15.4. The van der Waals surface area contributed by atoms with E-state index in [0.717, 1.165) is 0 Å². The predicted molar refractivity (Wildman–Crippen MR) is 94.4 cm³/mol. The van der Waals surface area contributed by atoms with Crippen LogP contribution in [0, 0.1) is 10.1 Å². The highest BCUT2D eigenvalue weighted by molar-refractivity contribution is 5.99. The molecule has 27 heavy (non-hydrogen) atoms. The van der Waals surface area contributed by atoms with Crippen molar-refractivity contribution in [3.05, 3.63) is 62.5 Å². The fourth-order valence-electron chi connectivity index (χ4n) is 2.99. The zero-order valence-corrected chi connectivity index (χ0v) is 15.4. The molecule has 0 saturated carbocycles. The van der Waals surface area contributed by atoms with E-state index in [9.17, 15) is 19.7 Å². The lowest BCUT2D eigenvalue weighted by atomic mass is 9.80. The van der Waals surface area contributed by atoms with Gasteiger partial charge in [-0.3, -0.25) is 10.1 Å². The summed E-state index contributed by atoms with van der Waals surface area (Å²) < 4.78 is 14.7. The number of carbonyl (C=O) groups is 2. The number of methoxy groups -OCH3 is 2. The van der Waals surface area contributed by atoms with Crippen LogP contribution in [-0.4, -0.2) is 37.9 Å². The number of esters is 2. The summed E-state index contributed by atoms with van der Waals surface area (Å²) in [4.78, 5) is 35.7. The molecule has 1 heterocycles. The van der Waals surface area contributed by atoms with Crippen LogP contribution >= 0.6 is 0 Å². The summed E-state index contributed by atoms with van der Waals surface area (Å²) in [6, 6.07) is 5.75. The lowest BCUT2D eigenvalue weighted by Crippen LogP contribution is -2.32. The van der Waals surface area contributed by atoms with Crippen molar-refractivity contribution < 1.29 is 28.7 Å². The van der Waals surface area contributed by atoms with Gasteiger partial charge in [0.05, 0.1) is 29.1 Å². The Hall–Kier alpha value is -3.20. The number of hydrogen-bond donors (Lipinski definition) is 1. The molecule has 2 rings (SSSR count). The highest BCUT2D eigenvalue weighted by Crippen LogP contribution is 2.40. The van der Waals surface area contributed by atoms with Crippen molar-refractivity contribution in [2.24, 2.45) is 0 Å². The number of nitrogens with zero attached hydrogens (tertiary/aromatic N) is 1. The van der Waals surface area contributed by atoms with Gasteiger partial charge >= 0.3 is 11.9 Å². The van der Waals surface area contributed by atoms with Crippen molar-refractivity contribution >= 4 is 17.6 Å². The molecule has 0 saturated heterocycles. The van der Waals surface area contributed by atoms with Crippen LogP contribution in [-0.2, 0) is 23.8 Å². The second kappa shape index (κ2) is 8.45. The van der Waals surface area contributed by atoms with Crippen LogP contribution in [0.3, 0.4) is 0 Å². The maximum atomic E-state index is 12.6. The van der Waals surface area contributed by atoms with E-state index in [-0.39, 0.29) is 23.6 Å². The van der Waals surface area contributed by atoms with Crippen molar-refractivity contribution in [3.8, 4) is 0 Å². The van der Waals surface area contributed by atoms with Gasteiger partial charge in [0.25, 0.3) is 5.69 Å². The first-order chi connectivity index (χ1) is 12.8. The summed E-state index contributed by atoms with van der Waals surface area (Å²) in [5.74, 6) is -2.24. The third-order valence-electron chi connectivity index (χ3n) is 4.11. The Bertz CT molecular complexity index is 842. The molecule has 1 N–H and O–H groups in total. The molecule has 9 heteroatoms. The van der Waals surface area contributed by atoms with Gasteiger partial charge in [-0.2, -0.15) is 0 Å². The number of carbonyl (C=O) groups excluding carboxylic acids is 2. The fraction of sp³-hybridized carbons (Fsp3) is 0.333. The fourth-order valence-corrected chi connectivity index (χ4v) is 2.99. The number of nitrogens with one attached hydrogen (secondary N) is 1. The molecule has 1 aromatic rings. The van der Waals surface area contributed by atoms with Gasteiger partial charge in [0.15, 0.2) is 6.79 Å². The first-order valence-corrected chi connectivity index (χ1v) is 7.99. The van der Waals surface area contributed by atoms with Gasteiger partial charge in [-0.1, -0.05) is 12.1 Å². The molecule has 0 radical (unpaired) electrons. The maximum Gasteiger partial charge on any atom is 0.338 e. The minimum absolute atomic E-state index is 0.151. The summed E-state index contributed by atoms with van der Waals surface area (Å²) in [5.41, 5.74) is 1.52. The van der Waals surface area contributed by atoms with Gasteiger partial charge in [-0.15, -0.1) is 0 Å². The summed E-state index contributed by atoms with van der Waals surface area (Å²) in [5, 5.41) is 14.1. The number of nitro benzene ring substituents is 1. The Morgan fingerprint density at radius 3 is 2.33 bits per heavy atom. The number of allylic oxidation sites excluding steroid dienone is 2. The smallest absolute Gasteiger partial charge is 0.338 e. The van der Waals surface area contributed by atoms with E-state index in [0.29, 0.717) is 17.0 Å². The lowest BCUT2D eigenvalue weighted by molar-refractivity contribution is -0.384. The Kier molecular flexibility index (Phi) is 6.30. The van der Waals surface area contributed by atoms with Crippen molar-refractivity contribution in [2.45, 2.75) is 19.8 Å². The molecule has 1 atom stereocenters. The quantitative estimate of drug-likeness (QED) is 0.347. The molecular formula is C18H20N2O7. The Morgan fingerprint density at radius 2 is 1.78 bits per heavy atom. The summed E-state index contributed by atoms with van der Waals surface area (Å²) in [7, 11) is 2.59. The third kappa shape index (κ3) is 4.14. The van der Waals surface area contributed by atoms with Crippen LogP contribution < -0.4 is 5.32 Å². The molecule has 1 aliphatic heterocycles. The first-order valence-electron chi connectivity index (χ1n) is 7.99. The third-order valence-corrected chi connectivity index (χ3v) is 4.11. The summed E-state index contributed by atoms with van der Waals surface area (Å²) in [6.45, 7) is 3.05. The van der Waals surface area contributed by atoms with E-state index >= 15 is 0 Å². The van der Waals surface area contributed by atoms with Crippen LogP contribution in [0.25, 0.3) is 0 Å². The van der Waals surface area contributed by atoms with Gasteiger partial charge in [0.2, 0.25) is 0 Å². The second-order valence-electron chi connectivity index (χ2n) is 5.82. The van der Waals surface area contributed by atoms with Crippen LogP contribution in [0.2, 0.25) is 0 Å². The number of dihydropyridines is 1. The number of rotatable bonds is 6. The summed E-state index contributed by atoms with van der Waals surface area (Å²) in [6.07, 6.45) is 0. The average Bonchev–Trinajstić information content (AvgIpc) is 2.64. The Labute approximate surface area is 155 Å².